The standard InChI is InChI=1S/C24H29ClN2O4S/c1-26-16-6-7-17-27(32(29,30)19-14-12-18(25)13-15-19)21-9-3-5-11-23(21)31-22-10-4-2-8-20(22)24(26)28/h2,4,8,10,12-15,21,23H,3,5-7,9,11,16-17H2,1H3/t21-,23+/m1/s1. The Morgan fingerprint density at radius 3 is 2.41 bits per heavy atom. The molecule has 172 valence electrons. The van der Waals surface area contributed by atoms with Crippen LogP contribution in [0.3, 0.4) is 0 Å². The van der Waals surface area contributed by atoms with Crippen molar-refractivity contribution in [2.75, 3.05) is 20.1 Å². The number of carbonyl (C=O) groups excluding carboxylic acids is 1. The van der Waals surface area contributed by atoms with Gasteiger partial charge in [-0.15, -0.1) is 0 Å². The minimum absolute atomic E-state index is 0.0702. The van der Waals surface area contributed by atoms with Crippen molar-refractivity contribution in [2.24, 2.45) is 0 Å². The highest BCUT2D eigenvalue weighted by Gasteiger charge is 2.39. The van der Waals surface area contributed by atoms with Gasteiger partial charge in [-0.05, 0) is 68.5 Å². The number of para-hydroxylation sites is 1. The number of amides is 1. The zero-order valence-corrected chi connectivity index (χ0v) is 19.8. The van der Waals surface area contributed by atoms with Crippen molar-refractivity contribution in [1.29, 1.82) is 0 Å². The second-order valence-corrected chi connectivity index (χ2v) is 10.8. The van der Waals surface area contributed by atoms with Crippen molar-refractivity contribution in [2.45, 2.75) is 55.6 Å². The van der Waals surface area contributed by atoms with Gasteiger partial charge in [-0.25, -0.2) is 8.42 Å². The average molecular weight is 477 g/mol. The normalized spacial score (nSPS) is 23.3. The van der Waals surface area contributed by atoms with Gasteiger partial charge in [0.15, 0.2) is 0 Å². The van der Waals surface area contributed by atoms with Gasteiger partial charge in [-0.2, -0.15) is 4.31 Å². The van der Waals surface area contributed by atoms with Crippen LogP contribution in [0, 0.1) is 0 Å². The molecule has 1 fully saturated rings. The van der Waals surface area contributed by atoms with E-state index in [1.807, 2.05) is 12.1 Å². The quantitative estimate of drug-likeness (QED) is 0.636. The lowest BCUT2D eigenvalue weighted by Gasteiger charge is -2.39. The van der Waals surface area contributed by atoms with Crippen molar-refractivity contribution in [3.63, 3.8) is 0 Å². The number of nitrogens with zero attached hydrogens (tertiary/aromatic N) is 2. The van der Waals surface area contributed by atoms with E-state index in [0.29, 0.717) is 35.8 Å². The van der Waals surface area contributed by atoms with Gasteiger partial charge < -0.3 is 9.64 Å². The Morgan fingerprint density at radius 1 is 0.938 bits per heavy atom. The molecule has 2 atom stereocenters. The van der Waals surface area contributed by atoms with Crippen LogP contribution in [0.4, 0.5) is 0 Å². The number of ether oxygens (including phenoxy) is 1. The summed E-state index contributed by atoms with van der Waals surface area (Å²) in [5, 5.41) is 0.501. The predicted octanol–water partition coefficient (Wildman–Crippen LogP) is 4.59. The zero-order chi connectivity index (χ0) is 22.7. The topological polar surface area (TPSA) is 66.9 Å². The zero-order valence-electron chi connectivity index (χ0n) is 18.2. The fraction of sp³-hybridized carbons (Fsp3) is 0.458. The highest BCUT2D eigenvalue weighted by Crippen LogP contribution is 2.33. The number of fused-ring (bicyclic) bond motifs is 2. The molecule has 0 aromatic heterocycles. The summed E-state index contributed by atoms with van der Waals surface area (Å²) >= 11 is 5.99. The maximum absolute atomic E-state index is 13.7. The second-order valence-electron chi connectivity index (χ2n) is 8.51. The number of halogens is 1. The summed E-state index contributed by atoms with van der Waals surface area (Å²) in [6.45, 7) is 0.940. The van der Waals surface area contributed by atoms with Crippen LogP contribution in [0.25, 0.3) is 0 Å². The first-order valence-corrected chi connectivity index (χ1v) is 13.0. The van der Waals surface area contributed by atoms with Gasteiger partial charge in [0, 0.05) is 25.2 Å². The summed E-state index contributed by atoms with van der Waals surface area (Å²) in [4.78, 5) is 14.9. The molecule has 0 spiro atoms. The first-order valence-electron chi connectivity index (χ1n) is 11.2. The molecule has 1 aliphatic carbocycles. The molecule has 2 aliphatic rings. The number of benzene rings is 2. The van der Waals surface area contributed by atoms with E-state index in [4.69, 9.17) is 16.3 Å². The minimum atomic E-state index is -3.73. The molecule has 0 unspecified atom stereocenters. The molecule has 0 saturated heterocycles. The lowest BCUT2D eigenvalue weighted by Crippen LogP contribution is -2.51. The van der Waals surface area contributed by atoms with Crippen molar-refractivity contribution >= 4 is 27.5 Å². The van der Waals surface area contributed by atoms with Crippen LogP contribution in [0.15, 0.2) is 53.4 Å². The monoisotopic (exact) mass is 476 g/mol. The first kappa shape index (κ1) is 23.1. The van der Waals surface area contributed by atoms with Crippen LogP contribution in [0.5, 0.6) is 5.75 Å². The van der Waals surface area contributed by atoms with E-state index in [2.05, 4.69) is 0 Å². The first-order chi connectivity index (χ1) is 15.4. The molecule has 4 rings (SSSR count). The molecular weight excluding hydrogens is 448 g/mol. The van der Waals surface area contributed by atoms with E-state index in [1.54, 1.807) is 52.7 Å². The van der Waals surface area contributed by atoms with Crippen LogP contribution < -0.4 is 4.74 Å². The molecular formula is C24H29ClN2O4S. The molecule has 1 amide bonds. The molecule has 32 heavy (non-hydrogen) atoms. The number of carbonyl (C=O) groups is 1. The Balaban J connectivity index is 1.74. The smallest absolute Gasteiger partial charge is 0.257 e. The largest absolute Gasteiger partial charge is 0.488 e. The van der Waals surface area contributed by atoms with Gasteiger partial charge in [0.2, 0.25) is 10.0 Å². The fourth-order valence-corrected chi connectivity index (χ4v) is 6.43. The van der Waals surface area contributed by atoms with Gasteiger partial charge in [0.25, 0.3) is 5.91 Å². The number of rotatable bonds is 2. The van der Waals surface area contributed by atoms with Crippen molar-refractivity contribution in [1.82, 2.24) is 9.21 Å². The molecule has 1 saturated carbocycles. The molecule has 6 nitrogen and oxygen atoms in total. The molecule has 2 aromatic carbocycles. The van der Waals surface area contributed by atoms with Gasteiger partial charge >= 0.3 is 0 Å². The number of sulfonamides is 1. The van der Waals surface area contributed by atoms with E-state index in [0.717, 1.165) is 32.1 Å². The molecule has 2 aromatic rings. The van der Waals surface area contributed by atoms with Gasteiger partial charge in [-0.3, -0.25) is 4.79 Å². The third-order valence-electron chi connectivity index (χ3n) is 6.32. The lowest BCUT2D eigenvalue weighted by molar-refractivity contribution is 0.0658. The van der Waals surface area contributed by atoms with Gasteiger partial charge in [-0.1, -0.05) is 30.2 Å². The summed E-state index contributed by atoms with van der Waals surface area (Å²) in [5.74, 6) is 0.449. The van der Waals surface area contributed by atoms with Crippen LogP contribution >= 0.6 is 11.6 Å². The number of hydrogen-bond donors (Lipinski definition) is 0. The Kier molecular flexibility index (Phi) is 7.08. The summed E-state index contributed by atoms with van der Waals surface area (Å²) in [5.41, 5.74) is 0.520. The summed E-state index contributed by atoms with van der Waals surface area (Å²) in [7, 11) is -1.95. The van der Waals surface area contributed by atoms with Crippen LogP contribution in [0.1, 0.15) is 48.9 Å². The van der Waals surface area contributed by atoms with E-state index in [9.17, 15) is 13.2 Å². The Labute approximate surface area is 195 Å². The van der Waals surface area contributed by atoms with Crippen molar-refractivity contribution < 1.29 is 17.9 Å². The van der Waals surface area contributed by atoms with Crippen LogP contribution in [-0.2, 0) is 10.0 Å². The summed E-state index contributed by atoms with van der Waals surface area (Å²) in [6.07, 6.45) is 4.45. The molecule has 0 bridgehead atoms. The molecule has 8 heteroatoms. The molecule has 0 radical (unpaired) electrons. The molecule has 0 N–H and O–H groups in total. The SMILES string of the molecule is CN1CCCCN(S(=O)(=O)c2ccc(Cl)cc2)[C@@H]2CCCC[C@@H]2Oc2ccccc2C1=O. The van der Waals surface area contributed by atoms with Gasteiger partial charge in [0.05, 0.1) is 16.5 Å². The predicted molar refractivity (Wildman–Crippen MR) is 125 cm³/mol. The maximum atomic E-state index is 13.7. The Morgan fingerprint density at radius 2 is 1.62 bits per heavy atom. The second kappa shape index (κ2) is 9.81. The summed E-state index contributed by atoms with van der Waals surface area (Å²) < 4.78 is 35.4. The van der Waals surface area contributed by atoms with Crippen molar-refractivity contribution in [3.8, 4) is 5.75 Å². The van der Waals surface area contributed by atoms with E-state index in [1.165, 1.54) is 0 Å². The number of hydrogen-bond acceptors (Lipinski definition) is 4. The van der Waals surface area contributed by atoms with E-state index >= 15 is 0 Å². The minimum Gasteiger partial charge on any atom is -0.488 e. The highest BCUT2D eigenvalue weighted by atomic mass is 35.5. The summed E-state index contributed by atoms with van der Waals surface area (Å²) in [6, 6.07) is 13.3. The molecule has 1 heterocycles. The van der Waals surface area contributed by atoms with Crippen LogP contribution in [0.2, 0.25) is 5.02 Å². The maximum Gasteiger partial charge on any atom is 0.257 e. The average Bonchev–Trinajstić information content (AvgIpc) is 2.79. The van der Waals surface area contributed by atoms with Crippen molar-refractivity contribution in [3.05, 3.63) is 59.1 Å². The Hall–Kier alpha value is -2.09. The van der Waals surface area contributed by atoms with E-state index in [-0.39, 0.29) is 22.9 Å². The fourth-order valence-electron chi connectivity index (χ4n) is 4.58. The third kappa shape index (κ3) is 4.80. The Bertz CT molecular complexity index is 1060. The third-order valence-corrected chi connectivity index (χ3v) is 8.51. The van der Waals surface area contributed by atoms with Gasteiger partial charge in [0.1, 0.15) is 11.9 Å². The molecule has 1 aliphatic heterocycles. The van der Waals surface area contributed by atoms with Crippen LogP contribution in [-0.4, -0.2) is 55.8 Å². The van der Waals surface area contributed by atoms with E-state index < -0.39 is 10.0 Å². The highest BCUT2D eigenvalue weighted by molar-refractivity contribution is 7.89. The lowest BCUT2D eigenvalue weighted by atomic mass is 9.92.